The van der Waals surface area contributed by atoms with Crippen LogP contribution in [-0.2, 0) is 10.0 Å². The van der Waals surface area contributed by atoms with E-state index in [1.165, 1.54) is 0 Å². The Kier molecular flexibility index (Phi) is 4.83. The number of hydrogen-bond donors (Lipinski definition) is 1. The van der Waals surface area contributed by atoms with Gasteiger partial charge in [0.15, 0.2) is 0 Å². The molecule has 1 aliphatic heterocycles. The van der Waals surface area contributed by atoms with Crippen molar-refractivity contribution in [3.8, 4) is 0 Å². The molecule has 1 fully saturated rings. The molecule has 1 N–H and O–H groups in total. The van der Waals surface area contributed by atoms with Crippen molar-refractivity contribution in [2.45, 2.75) is 43.5 Å². The lowest BCUT2D eigenvalue weighted by Gasteiger charge is -2.25. The Bertz CT molecular complexity index is 555. The fourth-order valence-electron chi connectivity index (χ4n) is 2.88. The Hall–Kier alpha value is -0.910. The highest BCUT2D eigenvalue weighted by Crippen LogP contribution is 2.30. The first-order chi connectivity index (χ1) is 9.48. The van der Waals surface area contributed by atoms with Gasteiger partial charge in [-0.15, -0.1) is 0 Å². The molecule has 1 aromatic rings. The summed E-state index contributed by atoms with van der Waals surface area (Å²) in [7, 11) is -1.53. The molecule has 4 nitrogen and oxygen atoms in total. The van der Waals surface area contributed by atoms with Crippen LogP contribution in [0.3, 0.4) is 0 Å². The summed E-state index contributed by atoms with van der Waals surface area (Å²) in [4.78, 5) is 0.470. The fraction of sp³-hybridized carbons (Fsp3) is 0.600. The summed E-state index contributed by atoms with van der Waals surface area (Å²) in [6.45, 7) is 5.40. The van der Waals surface area contributed by atoms with E-state index in [1.807, 2.05) is 39.1 Å². The monoisotopic (exact) mass is 296 g/mol. The minimum Gasteiger partial charge on any atom is -0.318 e. The first-order valence-electron chi connectivity index (χ1n) is 7.24. The van der Waals surface area contributed by atoms with Gasteiger partial charge in [-0.1, -0.05) is 32.0 Å². The van der Waals surface area contributed by atoms with Crippen molar-refractivity contribution in [3.05, 3.63) is 29.8 Å². The van der Waals surface area contributed by atoms with Gasteiger partial charge >= 0.3 is 0 Å². The van der Waals surface area contributed by atoms with Gasteiger partial charge in [0.2, 0.25) is 10.0 Å². The van der Waals surface area contributed by atoms with Crippen LogP contribution in [0.4, 0.5) is 0 Å². The second kappa shape index (κ2) is 6.24. The van der Waals surface area contributed by atoms with Crippen LogP contribution in [0, 0.1) is 0 Å². The molecule has 1 unspecified atom stereocenters. The molecular weight excluding hydrogens is 272 g/mol. The average Bonchev–Trinajstić information content (AvgIpc) is 2.88. The third-order valence-corrected chi connectivity index (χ3v) is 5.92. The van der Waals surface area contributed by atoms with Gasteiger partial charge in [0.1, 0.15) is 0 Å². The van der Waals surface area contributed by atoms with Crippen LogP contribution in [-0.4, -0.2) is 38.9 Å². The lowest BCUT2D eigenvalue weighted by atomic mass is 10.0. The van der Waals surface area contributed by atoms with Crippen molar-refractivity contribution in [1.82, 2.24) is 9.62 Å². The van der Waals surface area contributed by atoms with Crippen LogP contribution in [0.25, 0.3) is 0 Å². The summed E-state index contributed by atoms with van der Waals surface area (Å²) in [5.41, 5.74) is 0.905. The lowest BCUT2D eigenvalue weighted by molar-refractivity contribution is 0.378. The van der Waals surface area contributed by atoms with Crippen molar-refractivity contribution >= 4 is 10.0 Å². The summed E-state index contributed by atoms with van der Waals surface area (Å²) in [6, 6.07) is 7.44. The maximum atomic E-state index is 12.9. The van der Waals surface area contributed by atoms with E-state index in [-0.39, 0.29) is 12.0 Å². The number of rotatable bonds is 5. The standard InChI is InChI=1S/C15H24N2O2S/c1-12(2)14-8-4-5-9-15(14)20(18,19)17-10-6-7-13(17)11-16-3/h4-5,8-9,12-13,16H,6-7,10-11H2,1-3H3. The second-order valence-corrected chi connectivity index (χ2v) is 7.52. The van der Waals surface area contributed by atoms with E-state index in [0.717, 1.165) is 18.4 Å². The Morgan fingerprint density at radius 1 is 1.35 bits per heavy atom. The summed E-state index contributed by atoms with van der Waals surface area (Å²) >= 11 is 0. The fourth-order valence-corrected chi connectivity index (χ4v) is 4.93. The molecule has 0 saturated carbocycles. The van der Waals surface area contributed by atoms with Crippen molar-refractivity contribution < 1.29 is 8.42 Å². The van der Waals surface area contributed by atoms with Crippen LogP contribution in [0.2, 0.25) is 0 Å². The molecule has 0 radical (unpaired) electrons. The van der Waals surface area contributed by atoms with Gasteiger partial charge < -0.3 is 5.32 Å². The molecule has 0 aliphatic carbocycles. The van der Waals surface area contributed by atoms with Gasteiger partial charge in [0.25, 0.3) is 0 Å². The Labute approximate surface area is 122 Å². The van der Waals surface area contributed by atoms with Crippen LogP contribution in [0.1, 0.15) is 38.2 Å². The molecule has 0 bridgehead atoms. The van der Waals surface area contributed by atoms with Crippen LogP contribution in [0.15, 0.2) is 29.2 Å². The van der Waals surface area contributed by atoms with E-state index < -0.39 is 10.0 Å². The number of nitrogens with zero attached hydrogens (tertiary/aromatic N) is 1. The molecule has 1 atom stereocenters. The summed E-state index contributed by atoms with van der Waals surface area (Å²) < 4.78 is 27.6. The zero-order valence-electron chi connectivity index (χ0n) is 12.5. The van der Waals surface area contributed by atoms with E-state index in [4.69, 9.17) is 0 Å². The average molecular weight is 296 g/mol. The number of likely N-dealkylation sites (N-methyl/N-ethyl adjacent to an activating group) is 1. The summed E-state index contributed by atoms with van der Waals surface area (Å²) in [6.07, 6.45) is 1.87. The normalized spacial score (nSPS) is 20.7. The van der Waals surface area contributed by atoms with Crippen molar-refractivity contribution in [2.75, 3.05) is 20.1 Å². The second-order valence-electron chi connectivity index (χ2n) is 5.66. The summed E-state index contributed by atoms with van der Waals surface area (Å²) in [5, 5.41) is 3.09. The smallest absolute Gasteiger partial charge is 0.243 e. The SMILES string of the molecule is CNCC1CCCN1S(=O)(=O)c1ccccc1C(C)C. The van der Waals surface area contributed by atoms with Gasteiger partial charge in [-0.2, -0.15) is 4.31 Å². The number of nitrogens with one attached hydrogen (secondary N) is 1. The third kappa shape index (κ3) is 2.90. The minimum absolute atomic E-state index is 0.0743. The summed E-state index contributed by atoms with van der Waals surface area (Å²) in [5.74, 6) is 0.200. The predicted molar refractivity (Wildman–Crippen MR) is 81.4 cm³/mol. The molecule has 0 spiro atoms. The topological polar surface area (TPSA) is 49.4 Å². The van der Waals surface area contributed by atoms with Crippen LogP contribution in [0.5, 0.6) is 0 Å². The number of sulfonamides is 1. The van der Waals surface area contributed by atoms with Gasteiger partial charge in [-0.05, 0) is 37.4 Å². The molecule has 1 aliphatic rings. The molecule has 20 heavy (non-hydrogen) atoms. The van der Waals surface area contributed by atoms with Crippen LogP contribution < -0.4 is 5.32 Å². The molecule has 0 aromatic heterocycles. The molecule has 0 amide bonds. The van der Waals surface area contributed by atoms with Gasteiger partial charge in [-0.3, -0.25) is 0 Å². The molecule has 2 rings (SSSR count). The van der Waals surface area contributed by atoms with Crippen molar-refractivity contribution in [2.24, 2.45) is 0 Å². The van der Waals surface area contributed by atoms with Gasteiger partial charge in [0, 0.05) is 19.1 Å². The Morgan fingerprint density at radius 3 is 2.70 bits per heavy atom. The maximum Gasteiger partial charge on any atom is 0.243 e. The van der Waals surface area contributed by atoms with Gasteiger partial charge in [-0.25, -0.2) is 8.42 Å². The highest BCUT2D eigenvalue weighted by atomic mass is 32.2. The first kappa shape index (κ1) is 15.5. The Balaban J connectivity index is 2.40. The van der Waals surface area contributed by atoms with Gasteiger partial charge in [0.05, 0.1) is 4.90 Å². The molecular formula is C15H24N2O2S. The van der Waals surface area contributed by atoms with Crippen molar-refractivity contribution in [3.63, 3.8) is 0 Å². The highest BCUT2D eigenvalue weighted by molar-refractivity contribution is 7.89. The molecule has 1 aromatic carbocycles. The van der Waals surface area contributed by atoms with E-state index in [1.54, 1.807) is 10.4 Å². The van der Waals surface area contributed by atoms with Crippen molar-refractivity contribution in [1.29, 1.82) is 0 Å². The first-order valence-corrected chi connectivity index (χ1v) is 8.68. The molecule has 5 heteroatoms. The Morgan fingerprint density at radius 2 is 2.05 bits per heavy atom. The third-order valence-electron chi connectivity index (χ3n) is 3.89. The van der Waals surface area contributed by atoms with E-state index in [0.29, 0.717) is 18.0 Å². The van der Waals surface area contributed by atoms with Crippen LogP contribution >= 0.6 is 0 Å². The predicted octanol–water partition coefficient (Wildman–Crippen LogP) is 2.18. The maximum absolute atomic E-state index is 12.9. The highest BCUT2D eigenvalue weighted by Gasteiger charge is 2.36. The minimum atomic E-state index is -3.39. The molecule has 1 heterocycles. The number of benzene rings is 1. The quantitative estimate of drug-likeness (QED) is 0.906. The largest absolute Gasteiger partial charge is 0.318 e. The zero-order valence-corrected chi connectivity index (χ0v) is 13.3. The molecule has 1 saturated heterocycles. The number of hydrogen-bond acceptors (Lipinski definition) is 3. The van der Waals surface area contributed by atoms with E-state index in [9.17, 15) is 8.42 Å². The molecule has 112 valence electrons. The van der Waals surface area contributed by atoms with E-state index in [2.05, 4.69) is 5.32 Å². The zero-order chi connectivity index (χ0) is 14.8. The van der Waals surface area contributed by atoms with E-state index >= 15 is 0 Å². The lowest BCUT2D eigenvalue weighted by Crippen LogP contribution is -2.41.